The lowest BCUT2D eigenvalue weighted by molar-refractivity contribution is -0.151. The first-order valence-corrected chi connectivity index (χ1v) is 5.80. The number of esters is 1. The van der Waals surface area contributed by atoms with Gasteiger partial charge in [0.25, 0.3) is 0 Å². The van der Waals surface area contributed by atoms with E-state index < -0.39 is 0 Å². The molecule has 4 heteroatoms. The van der Waals surface area contributed by atoms with Crippen molar-refractivity contribution < 1.29 is 14.3 Å². The monoisotopic (exact) mass is 231 g/mol. The van der Waals surface area contributed by atoms with Crippen LogP contribution in [0.25, 0.3) is 0 Å². The molecule has 0 rings (SSSR count). The highest BCUT2D eigenvalue weighted by Crippen LogP contribution is 2.26. The van der Waals surface area contributed by atoms with Gasteiger partial charge in [0.05, 0.1) is 6.61 Å². The number of carbonyl (C=O) groups is 1. The van der Waals surface area contributed by atoms with Gasteiger partial charge in [-0.3, -0.25) is 4.79 Å². The molecule has 1 unspecified atom stereocenters. The molecule has 0 aliphatic carbocycles. The maximum absolute atomic E-state index is 11.5. The molecule has 16 heavy (non-hydrogen) atoms. The Kier molecular flexibility index (Phi) is 7.34. The summed E-state index contributed by atoms with van der Waals surface area (Å²) in [7, 11) is 1.59. The van der Waals surface area contributed by atoms with Gasteiger partial charge >= 0.3 is 5.97 Å². The molecule has 0 aromatic carbocycles. The van der Waals surface area contributed by atoms with Crippen molar-refractivity contribution in [1.29, 1.82) is 0 Å². The summed E-state index contributed by atoms with van der Waals surface area (Å²) in [5, 5.41) is 0. The number of methoxy groups -OCH3 is 1. The highest BCUT2D eigenvalue weighted by Gasteiger charge is 2.19. The molecule has 0 saturated heterocycles. The highest BCUT2D eigenvalue weighted by molar-refractivity contribution is 5.69. The summed E-state index contributed by atoms with van der Waals surface area (Å²) in [4.78, 5) is 11.5. The lowest BCUT2D eigenvalue weighted by Gasteiger charge is -2.23. The average Bonchev–Trinajstić information content (AvgIpc) is 2.15. The van der Waals surface area contributed by atoms with E-state index in [1.54, 1.807) is 7.11 Å². The minimum Gasteiger partial charge on any atom is -0.460 e. The van der Waals surface area contributed by atoms with Crippen molar-refractivity contribution in [3.63, 3.8) is 0 Å². The molecule has 0 aromatic heterocycles. The third-order valence-electron chi connectivity index (χ3n) is 2.56. The fraction of sp³-hybridized carbons (Fsp3) is 0.917. The summed E-state index contributed by atoms with van der Waals surface area (Å²) in [6.45, 7) is 7.16. The van der Waals surface area contributed by atoms with E-state index in [0.29, 0.717) is 19.6 Å². The number of ether oxygens (including phenoxy) is 2. The first-order valence-electron chi connectivity index (χ1n) is 5.80. The van der Waals surface area contributed by atoms with E-state index >= 15 is 0 Å². The molecule has 0 amide bonds. The molecule has 4 nitrogen and oxygen atoms in total. The number of carbonyl (C=O) groups excluding carboxylic acids is 1. The van der Waals surface area contributed by atoms with Crippen molar-refractivity contribution >= 4 is 5.97 Å². The van der Waals surface area contributed by atoms with Crippen molar-refractivity contribution in [3.8, 4) is 0 Å². The molecule has 0 aliphatic rings. The molecular weight excluding hydrogens is 206 g/mol. The van der Waals surface area contributed by atoms with E-state index in [2.05, 4.69) is 13.8 Å². The van der Waals surface area contributed by atoms with Crippen LogP contribution >= 0.6 is 0 Å². The van der Waals surface area contributed by atoms with Gasteiger partial charge in [0.15, 0.2) is 0 Å². The fourth-order valence-electron chi connectivity index (χ4n) is 1.51. The second-order valence-electron chi connectivity index (χ2n) is 4.96. The van der Waals surface area contributed by atoms with Crippen LogP contribution in [0.4, 0.5) is 0 Å². The van der Waals surface area contributed by atoms with Crippen molar-refractivity contribution in [1.82, 2.24) is 0 Å². The van der Waals surface area contributed by atoms with Gasteiger partial charge in [-0.15, -0.1) is 0 Å². The van der Waals surface area contributed by atoms with Gasteiger partial charge < -0.3 is 15.2 Å². The van der Waals surface area contributed by atoms with E-state index in [-0.39, 0.29) is 17.5 Å². The third kappa shape index (κ3) is 7.65. The van der Waals surface area contributed by atoms with E-state index in [1.807, 2.05) is 6.92 Å². The molecular formula is C12H25NO3. The number of hydrogen-bond donors (Lipinski definition) is 1. The molecule has 1 atom stereocenters. The minimum absolute atomic E-state index is 0.109. The van der Waals surface area contributed by atoms with Crippen LogP contribution in [-0.4, -0.2) is 32.3 Å². The Hall–Kier alpha value is -0.610. The maximum Gasteiger partial charge on any atom is 0.306 e. The zero-order valence-corrected chi connectivity index (χ0v) is 10.9. The molecule has 0 saturated carbocycles. The Morgan fingerprint density at radius 3 is 2.50 bits per heavy atom. The van der Waals surface area contributed by atoms with Gasteiger partial charge in [-0.05, 0) is 31.7 Å². The van der Waals surface area contributed by atoms with Crippen LogP contribution in [0.1, 0.15) is 40.0 Å². The Labute approximate surface area is 98.5 Å². The Balaban J connectivity index is 3.80. The molecule has 0 fully saturated rings. The quantitative estimate of drug-likeness (QED) is 0.646. The van der Waals surface area contributed by atoms with Crippen molar-refractivity contribution in [2.45, 2.75) is 46.1 Å². The van der Waals surface area contributed by atoms with Crippen molar-refractivity contribution in [2.24, 2.45) is 11.1 Å². The van der Waals surface area contributed by atoms with Crippen LogP contribution in [0.2, 0.25) is 0 Å². The largest absolute Gasteiger partial charge is 0.460 e. The van der Waals surface area contributed by atoms with Crippen LogP contribution in [0.15, 0.2) is 0 Å². The van der Waals surface area contributed by atoms with Gasteiger partial charge in [0, 0.05) is 13.5 Å². The van der Waals surface area contributed by atoms with Crippen molar-refractivity contribution in [2.75, 3.05) is 20.3 Å². The topological polar surface area (TPSA) is 61.5 Å². The number of hydrogen-bond acceptors (Lipinski definition) is 4. The first-order chi connectivity index (χ1) is 7.41. The van der Waals surface area contributed by atoms with Crippen LogP contribution < -0.4 is 5.73 Å². The van der Waals surface area contributed by atoms with Gasteiger partial charge in [0.2, 0.25) is 0 Å². The standard InChI is InChI=1S/C12H25NO3/c1-10(9-15-4)16-11(14)5-6-12(2,3)7-8-13/h10H,5-9,13H2,1-4H3. The summed E-state index contributed by atoms with van der Waals surface area (Å²) in [5.41, 5.74) is 5.62. The Morgan fingerprint density at radius 1 is 1.38 bits per heavy atom. The van der Waals surface area contributed by atoms with Gasteiger partial charge in [0.1, 0.15) is 6.10 Å². The Bertz CT molecular complexity index is 204. The predicted molar refractivity (Wildman–Crippen MR) is 64.1 cm³/mol. The second kappa shape index (κ2) is 7.63. The molecule has 0 aliphatic heterocycles. The summed E-state index contributed by atoms with van der Waals surface area (Å²) in [5.74, 6) is -0.158. The van der Waals surface area contributed by atoms with Gasteiger partial charge in [-0.25, -0.2) is 0 Å². The Morgan fingerprint density at radius 2 is 2.00 bits per heavy atom. The van der Waals surface area contributed by atoms with E-state index in [1.165, 1.54) is 0 Å². The molecule has 0 radical (unpaired) electrons. The van der Waals surface area contributed by atoms with Crippen LogP contribution in [0, 0.1) is 5.41 Å². The smallest absolute Gasteiger partial charge is 0.306 e. The van der Waals surface area contributed by atoms with Gasteiger partial charge in [-0.2, -0.15) is 0 Å². The molecule has 2 N–H and O–H groups in total. The lowest BCUT2D eigenvalue weighted by Crippen LogP contribution is -2.22. The molecule has 0 spiro atoms. The zero-order chi connectivity index (χ0) is 12.6. The maximum atomic E-state index is 11.5. The zero-order valence-electron chi connectivity index (χ0n) is 10.9. The second-order valence-corrected chi connectivity index (χ2v) is 4.96. The van der Waals surface area contributed by atoms with E-state index in [4.69, 9.17) is 15.2 Å². The minimum atomic E-state index is -0.171. The van der Waals surface area contributed by atoms with Crippen molar-refractivity contribution in [3.05, 3.63) is 0 Å². The molecule has 0 aromatic rings. The summed E-state index contributed by atoms with van der Waals surface area (Å²) >= 11 is 0. The highest BCUT2D eigenvalue weighted by atomic mass is 16.6. The molecule has 0 heterocycles. The van der Waals surface area contributed by atoms with E-state index in [9.17, 15) is 4.79 Å². The SMILES string of the molecule is COCC(C)OC(=O)CCC(C)(C)CCN. The number of rotatable bonds is 8. The molecule has 0 bridgehead atoms. The predicted octanol–water partition coefficient (Wildman–Crippen LogP) is 1.72. The van der Waals surface area contributed by atoms with Crippen LogP contribution in [0.5, 0.6) is 0 Å². The summed E-state index contributed by atoms with van der Waals surface area (Å²) in [6, 6.07) is 0. The average molecular weight is 231 g/mol. The van der Waals surface area contributed by atoms with Gasteiger partial charge in [-0.1, -0.05) is 13.8 Å². The van der Waals surface area contributed by atoms with E-state index in [0.717, 1.165) is 12.8 Å². The lowest BCUT2D eigenvalue weighted by atomic mass is 9.84. The summed E-state index contributed by atoms with van der Waals surface area (Å²) < 4.78 is 10.1. The van der Waals surface area contributed by atoms with Crippen LogP contribution in [-0.2, 0) is 14.3 Å². The summed E-state index contributed by atoms with van der Waals surface area (Å²) in [6.07, 6.45) is 2.01. The number of nitrogens with two attached hydrogens (primary N) is 1. The fourth-order valence-corrected chi connectivity index (χ4v) is 1.51. The van der Waals surface area contributed by atoms with Crippen LogP contribution in [0.3, 0.4) is 0 Å². The first kappa shape index (κ1) is 15.4. The third-order valence-corrected chi connectivity index (χ3v) is 2.56. The molecule has 96 valence electrons. The normalized spacial score (nSPS) is 13.6.